The van der Waals surface area contributed by atoms with Gasteiger partial charge in [-0.2, -0.15) is 0 Å². The molecule has 0 atom stereocenters. The first-order chi connectivity index (χ1) is 25.5. The van der Waals surface area contributed by atoms with Gasteiger partial charge in [0.2, 0.25) is 6.08 Å². The Morgan fingerprint density at radius 3 is 1.36 bits per heavy atom. The Kier molecular flexibility index (Phi) is 11.9. The number of nitrogens with zero attached hydrogens (tertiary/aromatic N) is 2. The molecule has 7 heteroatoms. The molecule has 6 rings (SSSR count). The topological polar surface area (TPSA) is 85.3 Å². The van der Waals surface area contributed by atoms with Crippen LogP contribution in [0.4, 0.5) is 9.59 Å². The van der Waals surface area contributed by atoms with E-state index < -0.39 is 12.2 Å². The first-order valence-corrected chi connectivity index (χ1v) is 19.2. The van der Waals surface area contributed by atoms with Gasteiger partial charge in [0.05, 0.1) is 6.04 Å². The van der Waals surface area contributed by atoms with Gasteiger partial charge in [-0.1, -0.05) is 113 Å². The highest BCUT2D eigenvalue weighted by molar-refractivity contribution is 5.90. The van der Waals surface area contributed by atoms with Crippen molar-refractivity contribution in [2.24, 2.45) is 16.8 Å². The van der Waals surface area contributed by atoms with Crippen LogP contribution < -0.4 is 9.47 Å². The molecule has 0 N–H and O–H groups in total. The van der Waals surface area contributed by atoms with Crippen LogP contribution in [0, 0.1) is 11.8 Å². The van der Waals surface area contributed by atoms with Gasteiger partial charge in [0.25, 0.3) is 0 Å². The summed E-state index contributed by atoms with van der Waals surface area (Å²) in [6.07, 6.45) is 8.62. The second-order valence-corrected chi connectivity index (χ2v) is 15.9. The molecule has 0 aliphatic heterocycles. The molecule has 2 aliphatic carbocycles. The van der Waals surface area contributed by atoms with Crippen LogP contribution in [0.25, 0.3) is 0 Å². The lowest BCUT2D eigenvalue weighted by Crippen LogP contribution is -2.49. The normalized spacial score (nSPS) is 20.5. The number of rotatable bonds is 10. The van der Waals surface area contributed by atoms with E-state index in [1.165, 1.54) is 16.0 Å². The summed E-state index contributed by atoms with van der Waals surface area (Å²) < 4.78 is 11.8. The van der Waals surface area contributed by atoms with Crippen molar-refractivity contribution in [1.82, 2.24) is 4.90 Å². The molecule has 0 spiro atoms. The van der Waals surface area contributed by atoms with Crippen molar-refractivity contribution in [1.29, 1.82) is 0 Å². The summed E-state index contributed by atoms with van der Waals surface area (Å²) in [7, 11) is 0. The minimum absolute atomic E-state index is 0.114. The molecule has 2 fully saturated rings. The maximum atomic E-state index is 13.9. The first kappa shape index (κ1) is 37.7. The van der Waals surface area contributed by atoms with E-state index >= 15 is 0 Å². The Morgan fingerprint density at radius 2 is 0.962 bits per heavy atom. The summed E-state index contributed by atoms with van der Waals surface area (Å²) in [5, 5.41) is 0. The fourth-order valence-electron chi connectivity index (χ4n) is 8.29. The highest BCUT2D eigenvalue weighted by Gasteiger charge is 2.37. The van der Waals surface area contributed by atoms with Gasteiger partial charge in [-0.25, -0.2) is 24.3 Å². The van der Waals surface area contributed by atoms with Crippen LogP contribution in [0.5, 0.6) is 11.5 Å². The average molecular weight is 713 g/mol. The molecule has 0 radical (unpaired) electrons. The molecule has 2 saturated carbocycles. The summed E-state index contributed by atoms with van der Waals surface area (Å²) in [4.78, 5) is 43.7. The molecule has 4 aromatic carbocycles. The van der Waals surface area contributed by atoms with Crippen molar-refractivity contribution >= 4 is 18.3 Å². The van der Waals surface area contributed by atoms with Crippen LogP contribution in [-0.2, 0) is 15.6 Å². The van der Waals surface area contributed by atoms with Crippen molar-refractivity contribution < 1.29 is 23.9 Å². The molecule has 53 heavy (non-hydrogen) atoms. The minimum Gasteiger partial charge on any atom is -0.410 e. The van der Waals surface area contributed by atoms with Gasteiger partial charge in [0, 0.05) is 16.9 Å². The Balaban J connectivity index is 1.15. The standard InChI is InChI=1S/C46H52N2O5/c1-45(2,35-11-7-5-8-12-35)37-19-27-41(28-20-37)52-43(50)48(40-25-17-34(18-26-40)31-33-15-23-39(24-16-33)47-32-49)44(51)53-42-29-21-38(22-30-42)46(3,4)36-13-9-6-10-14-36/h5-14,19-22,27-30,33-34,39-40H,15-18,23-26,31H2,1-4H3. The number of isocyanates is 1. The summed E-state index contributed by atoms with van der Waals surface area (Å²) in [6, 6.07) is 35.4. The predicted octanol–water partition coefficient (Wildman–Crippen LogP) is 11.2. The van der Waals surface area contributed by atoms with Crippen LogP contribution in [0.1, 0.15) is 108 Å². The zero-order valence-electron chi connectivity index (χ0n) is 31.5. The third kappa shape index (κ3) is 9.15. The second-order valence-electron chi connectivity index (χ2n) is 15.9. The van der Waals surface area contributed by atoms with Crippen LogP contribution in [-0.4, -0.2) is 35.3 Å². The molecule has 0 aromatic heterocycles. The fraction of sp³-hybridized carbons (Fsp3) is 0.413. The molecule has 0 unspecified atom stereocenters. The quantitative estimate of drug-likeness (QED) is 0.121. The van der Waals surface area contributed by atoms with Gasteiger partial charge in [-0.3, -0.25) is 0 Å². The lowest BCUT2D eigenvalue weighted by Gasteiger charge is -2.36. The number of ether oxygens (including phenoxy) is 2. The Bertz CT molecular complexity index is 1740. The number of imide groups is 1. The maximum absolute atomic E-state index is 13.9. The largest absolute Gasteiger partial charge is 0.425 e. The summed E-state index contributed by atoms with van der Waals surface area (Å²) >= 11 is 0. The monoisotopic (exact) mass is 712 g/mol. The van der Waals surface area contributed by atoms with E-state index in [4.69, 9.17) is 9.47 Å². The number of benzene rings is 4. The molecule has 2 amide bonds. The van der Waals surface area contributed by atoms with E-state index in [1.807, 2.05) is 60.7 Å². The maximum Gasteiger partial charge on any atom is 0.425 e. The SMILES string of the molecule is CC(C)(c1ccccc1)c1ccc(OC(=O)N(C(=O)Oc2ccc(C(C)(C)c3ccccc3)cc2)C2CCC(CC3CCC(N=C=O)CC3)CC2)cc1. The van der Waals surface area contributed by atoms with Gasteiger partial charge in [0.1, 0.15) is 11.5 Å². The number of hydrogen-bond acceptors (Lipinski definition) is 6. The highest BCUT2D eigenvalue weighted by atomic mass is 16.6. The van der Waals surface area contributed by atoms with Crippen LogP contribution >= 0.6 is 0 Å². The summed E-state index contributed by atoms with van der Waals surface area (Å²) in [5.74, 6) is 1.88. The van der Waals surface area contributed by atoms with E-state index in [1.54, 1.807) is 30.3 Å². The van der Waals surface area contributed by atoms with E-state index in [2.05, 4.69) is 57.0 Å². The minimum atomic E-state index is -0.732. The molecule has 0 heterocycles. The number of carbonyl (C=O) groups excluding carboxylic acids is 3. The molecule has 7 nitrogen and oxygen atoms in total. The van der Waals surface area contributed by atoms with Gasteiger partial charge < -0.3 is 9.47 Å². The summed E-state index contributed by atoms with van der Waals surface area (Å²) in [5.41, 5.74) is 4.06. The van der Waals surface area contributed by atoms with Crippen molar-refractivity contribution in [3.8, 4) is 11.5 Å². The average Bonchev–Trinajstić information content (AvgIpc) is 3.17. The third-order valence-electron chi connectivity index (χ3n) is 11.8. The molecule has 2 aliphatic rings. The highest BCUT2D eigenvalue weighted by Crippen LogP contribution is 2.38. The molecular formula is C46H52N2O5. The van der Waals surface area contributed by atoms with Crippen molar-refractivity contribution in [2.75, 3.05) is 0 Å². The second kappa shape index (κ2) is 16.8. The van der Waals surface area contributed by atoms with Crippen molar-refractivity contribution in [3.63, 3.8) is 0 Å². The van der Waals surface area contributed by atoms with E-state index in [9.17, 15) is 14.4 Å². The molecule has 4 aromatic rings. The molecular weight excluding hydrogens is 661 g/mol. The van der Waals surface area contributed by atoms with E-state index in [0.29, 0.717) is 36.2 Å². The lowest BCUT2D eigenvalue weighted by molar-refractivity contribution is 0.0954. The Morgan fingerprint density at radius 1 is 0.585 bits per heavy atom. The van der Waals surface area contributed by atoms with Crippen molar-refractivity contribution in [3.05, 3.63) is 131 Å². The molecule has 0 saturated heterocycles. The van der Waals surface area contributed by atoms with Gasteiger partial charge >= 0.3 is 12.2 Å². The van der Waals surface area contributed by atoms with Crippen LogP contribution in [0.15, 0.2) is 114 Å². The number of aliphatic imine (C=N–C) groups is 1. The smallest absolute Gasteiger partial charge is 0.410 e. The third-order valence-corrected chi connectivity index (χ3v) is 11.8. The lowest BCUT2D eigenvalue weighted by atomic mass is 9.75. The first-order valence-electron chi connectivity index (χ1n) is 19.2. The van der Waals surface area contributed by atoms with Crippen molar-refractivity contribution in [2.45, 2.75) is 108 Å². The van der Waals surface area contributed by atoms with Crippen LogP contribution in [0.3, 0.4) is 0 Å². The number of hydrogen-bond donors (Lipinski definition) is 0. The number of carbonyl (C=O) groups is 2. The molecule has 0 bridgehead atoms. The van der Waals surface area contributed by atoms with Gasteiger partial charge in [0.15, 0.2) is 0 Å². The molecule has 276 valence electrons. The zero-order chi connectivity index (χ0) is 37.4. The van der Waals surface area contributed by atoms with Crippen LogP contribution in [0.2, 0.25) is 0 Å². The van der Waals surface area contributed by atoms with Gasteiger partial charge in [-0.15, -0.1) is 0 Å². The van der Waals surface area contributed by atoms with Gasteiger partial charge in [-0.05, 0) is 116 Å². The Labute approximate surface area is 314 Å². The Hall–Kier alpha value is -5.00. The summed E-state index contributed by atoms with van der Waals surface area (Å²) in [6.45, 7) is 8.67. The van der Waals surface area contributed by atoms with E-state index in [0.717, 1.165) is 56.1 Å². The fourth-order valence-corrected chi connectivity index (χ4v) is 8.29. The van der Waals surface area contributed by atoms with E-state index in [-0.39, 0.29) is 22.9 Å². The number of amides is 2. The predicted molar refractivity (Wildman–Crippen MR) is 208 cm³/mol. The zero-order valence-corrected chi connectivity index (χ0v) is 31.5.